The van der Waals surface area contributed by atoms with Crippen LogP contribution in [0.15, 0.2) is 30.5 Å². The minimum absolute atomic E-state index is 0.177. The Balaban J connectivity index is 1.88. The molecule has 2 aromatic rings. The van der Waals surface area contributed by atoms with Crippen LogP contribution in [0.4, 0.5) is 10.3 Å². The predicted molar refractivity (Wildman–Crippen MR) is 118 cm³/mol. The lowest BCUT2D eigenvalue weighted by molar-refractivity contribution is -0.132. The summed E-state index contributed by atoms with van der Waals surface area (Å²) in [4.78, 5) is 28.0. The minimum atomic E-state index is -0.259. The molecule has 1 aromatic heterocycles. The Kier molecular flexibility index (Phi) is 7.37. The van der Waals surface area contributed by atoms with Gasteiger partial charge in [-0.25, -0.2) is 14.4 Å². The van der Waals surface area contributed by atoms with E-state index < -0.39 is 0 Å². The number of piperidine rings is 1. The van der Waals surface area contributed by atoms with Crippen molar-refractivity contribution < 1.29 is 9.18 Å². The van der Waals surface area contributed by atoms with E-state index in [0.717, 1.165) is 55.8 Å². The van der Waals surface area contributed by atoms with Gasteiger partial charge in [0.25, 0.3) is 0 Å². The van der Waals surface area contributed by atoms with Crippen LogP contribution in [0.1, 0.15) is 38.3 Å². The highest BCUT2D eigenvalue weighted by Crippen LogP contribution is 2.34. The SMILES string of the molecule is CCN(CC)C(=O)CN1CCC[C@@H](c2nc(N(C)C)ncc2-c2ccc(F)cc2)C1. The van der Waals surface area contributed by atoms with Crippen LogP contribution in [-0.4, -0.2) is 72.5 Å². The first-order chi connectivity index (χ1) is 14.4. The molecule has 0 aliphatic carbocycles. The molecule has 30 heavy (non-hydrogen) atoms. The van der Waals surface area contributed by atoms with E-state index in [2.05, 4.69) is 9.88 Å². The largest absolute Gasteiger partial charge is 0.347 e. The fourth-order valence-corrected chi connectivity index (χ4v) is 4.05. The van der Waals surface area contributed by atoms with Gasteiger partial charge >= 0.3 is 0 Å². The van der Waals surface area contributed by atoms with Crippen molar-refractivity contribution in [2.75, 3.05) is 51.7 Å². The van der Waals surface area contributed by atoms with Crippen LogP contribution in [0.2, 0.25) is 0 Å². The first-order valence-corrected chi connectivity index (χ1v) is 10.7. The number of likely N-dealkylation sites (tertiary alicyclic amines) is 1. The van der Waals surface area contributed by atoms with Gasteiger partial charge in [-0.2, -0.15) is 0 Å². The van der Waals surface area contributed by atoms with Crippen LogP contribution in [-0.2, 0) is 4.79 Å². The molecular formula is C23H32FN5O. The quantitative estimate of drug-likeness (QED) is 0.696. The van der Waals surface area contributed by atoms with E-state index in [9.17, 15) is 9.18 Å². The normalized spacial score (nSPS) is 17.0. The highest BCUT2D eigenvalue weighted by atomic mass is 19.1. The van der Waals surface area contributed by atoms with Crippen LogP contribution in [0.3, 0.4) is 0 Å². The zero-order chi connectivity index (χ0) is 21.7. The van der Waals surface area contributed by atoms with Crippen molar-refractivity contribution >= 4 is 11.9 Å². The van der Waals surface area contributed by atoms with Crippen molar-refractivity contribution in [3.05, 3.63) is 42.0 Å². The number of likely N-dealkylation sites (N-methyl/N-ethyl adjacent to an activating group) is 1. The fourth-order valence-electron chi connectivity index (χ4n) is 4.05. The number of carbonyl (C=O) groups is 1. The number of hydrogen-bond acceptors (Lipinski definition) is 5. The topological polar surface area (TPSA) is 52.6 Å². The van der Waals surface area contributed by atoms with Gasteiger partial charge < -0.3 is 9.80 Å². The zero-order valence-electron chi connectivity index (χ0n) is 18.4. The number of carbonyl (C=O) groups excluding carboxylic acids is 1. The molecule has 0 bridgehead atoms. The van der Waals surface area contributed by atoms with Gasteiger partial charge in [0.05, 0.1) is 12.2 Å². The molecule has 1 amide bonds. The molecular weight excluding hydrogens is 381 g/mol. The van der Waals surface area contributed by atoms with E-state index >= 15 is 0 Å². The molecule has 0 saturated carbocycles. The molecule has 1 aliphatic heterocycles. The van der Waals surface area contributed by atoms with Crippen LogP contribution >= 0.6 is 0 Å². The van der Waals surface area contributed by atoms with Crippen LogP contribution in [0, 0.1) is 5.82 Å². The van der Waals surface area contributed by atoms with Crippen molar-refractivity contribution in [2.45, 2.75) is 32.6 Å². The monoisotopic (exact) mass is 413 g/mol. The second kappa shape index (κ2) is 9.98. The zero-order valence-corrected chi connectivity index (χ0v) is 18.4. The number of amides is 1. The standard InChI is InChI=1S/C23H32FN5O/c1-5-29(6-2)21(30)16-28-13-7-8-18(15-28)22-20(14-25-23(26-22)27(3)4)17-9-11-19(24)12-10-17/h9-12,14,18H,5-8,13,15-16H2,1-4H3/t18-/m1/s1. The summed E-state index contributed by atoms with van der Waals surface area (Å²) in [6, 6.07) is 6.48. The van der Waals surface area contributed by atoms with Crippen molar-refractivity contribution in [3.8, 4) is 11.1 Å². The van der Waals surface area contributed by atoms with Gasteiger partial charge in [0.1, 0.15) is 5.82 Å². The van der Waals surface area contributed by atoms with Crippen LogP contribution < -0.4 is 4.90 Å². The Bertz CT molecular complexity index is 851. The van der Waals surface area contributed by atoms with E-state index in [1.54, 1.807) is 12.1 Å². The molecule has 0 radical (unpaired) electrons. The maximum Gasteiger partial charge on any atom is 0.236 e. The van der Waals surface area contributed by atoms with Crippen LogP contribution in [0.25, 0.3) is 11.1 Å². The Morgan fingerprint density at radius 2 is 1.90 bits per heavy atom. The van der Waals surface area contributed by atoms with Crippen molar-refractivity contribution in [1.29, 1.82) is 0 Å². The Morgan fingerprint density at radius 3 is 2.53 bits per heavy atom. The van der Waals surface area contributed by atoms with Gasteiger partial charge in [0.15, 0.2) is 0 Å². The third kappa shape index (κ3) is 5.14. The highest BCUT2D eigenvalue weighted by molar-refractivity contribution is 5.78. The summed E-state index contributed by atoms with van der Waals surface area (Å²) in [7, 11) is 3.85. The van der Waals surface area contributed by atoms with Gasteiger partial charge in [-0.3, -0.25) is 9.69 Å². The maximum atomic E-state index is 13.4. The maximum absolute atomic E-state index is 13.4. The second-order valence-electron chi connectivity index (χ2n) is 8.01. The number of benzene rings is 1. The molecule has 1 saturated heterocycles. The Hall–Kier alpha value is -2.54. The molecule has 1 aliphatic rings. The number of anilines is 1. The van der Waals surface area contributed by atoms with Gasteiger partial charge in [-0.05, 0) is 50.9 Å². The number of hydrogen-bond donors (Lipinski definition) is 0. The molecule has 162 valence electrons. The van der Waals surface area contributed by atoms with E-state index in [1.807, 2.05) is 43.9 Å². The summed E-state index contributed by atoms with van der Waals surface area (Å²) < 4.78 is 13.4. The van der Waals surface area contributed by atoms with E-state index in [4.69, 9.17) is 4.98 Å². The van der Waals surface area contributed by atoms with Crippen molar-refractivity contribution in [3.63, 3.8) is 0 Å². The molecule has 0 N–H and O–H groups in total. The van der Waals surface area contributed by atoms with Crippen molar-refractivity contribution in [2.24, 2.45) is 0 Å². The molecule has 6 nitrogen and oxygen atoms in total. The van der Waals surface area contributed by atoms with Gasteiger partial charge in [0.2, 0.25) is 11.9 Å². The smallest absolute Gasteiger partial charge is 0.236 e. The molecule has 2 heterocycles. The molecule has 1 fully saturated rings. The summed E-state index contributed by atoms with van der Waals surface area (Å²) in [5.74, 6) is 0.776. The third-order valence-corrected chi connectivity index (χ3v) is 5.73. The van der Waals surface area contributed by atoms with Crippen molar-refractivity contribution in [1.82, 2.24) is 19.8 Å². The fraction of sp³-hybridized carbons (Fsp3) is 0.522. The van der Waals surface area contributed by atoms with Crippen LogP contribution in [0.5, 0.6) is 0 Å². The number of nitrogens with zero attached hydrogens (tertiary/aromatic N) is 5. The lowest BCUT2D eigenvalue weighted by Gasteiger charge is -2.34. The molecule has 1 aromatic carbocycles. The summed E-state index contributed by atoms with van der Waals surface area (Å²) in [5.41, 5.74) is 2.82. The predicted octanol–water partition coefficient (Wildman–Crippen LogP) is 3.40. The Morgan fingerprint density at radius 1 is 1.20 bits per heavy atom. The van der Waals surface area contributed by atoms with E-state index in [-0.39, 0.29) is 17.6 Å². The van der Waals surface area contributed by atoms with E-state index in [0.29, 0.717) is 12.5 Å². The van der Waals surface area contributed by atoms with Gasteiger partial charge in [0, 0.05) is 51.4 Å². The summed E-state index contributed by atoms with van der Waals surface area (Å²) >= 11 is 0. The molecule has 7 heteroatoms. The summed E-state index contributed by atoms with van der Waals surface area (Å²) in [5, 5.41) is 0. The lowest BCUT2D eigenvalue weighted by Crippen LogP contribution is -2.44. The first kappa shape index (κ1) is 22.2. The molecule has 1 atom stereocenters. The summed E-state index contributed by atoms with van der Waals surface area (Å²) in [6.45, 7) is 7.64. The average Bonchev–Trinajstić information content (AvgIpc) is 2.75. The number of aromatic nitrogens is 2. The third-order valence-electron chi connectivity index (χ3n) is 5.73. The van der Waals surface area contributed by atoms with Gasteiger partial charge in [-0.15, -0.1) is 0 Å². The molecule has 0 spiro atoms. The molecule has 3 rings (SSSR count). The molecule has 0 unspecified atom stereocenters. The van der Waals surface area contributed by atoms with E-state index in [1.165, 1.54) is 12.1 Å². The summed E-state index contributed by atoms with van der Waals surface area (Å²) in [6.07, 6.45) is 3.86. The minimum Gasteiger partial charge on any atom is -0.347 e. The number of halogens is 1. The second-order valence-corrected chi connectivity index (χ2v) is 8.01. The first-order valence-electron chi connectivity index (χ1n) is 10.7. The Labute approximate surface area is 178 Å². The van der Waals surface area contributed by atoms with Gasteiger partial charge in [-0.1, -0.05) is 12.1 Å². The highest BCUT2D eigenvalue weighted by Gasteiger charge is 2.27. The number of rotatable bonds is 7. The lowest BCUT2D eigenvalue weighted by atomic mass is 9.90. The average molecular weight is 414 g/mol.